The molecule has 6 unspecified atom stereocenters. The van der Waals surface area contributed by atoms with Crippen molar-refractivity contribution in [3.8, 4) is 11.1 Å². The van der Waals surface area contributed by atoms with E-state index in [-0.39, 0.29) is 11.9 Å². The lowest BCUT2D eigenvalue weighted by Crippen LogP contribution is -2.50. The fourth-order valence-electron chi connectivity index (χ4n) is 6.32. The Bertz CT molecular complexity index is 925. The summed E-state index contributed by atoms with van der Waals surface area (Å²) in [7, 11) is 4.40. The average molecular weight is 451 g/mol. The van der Waals surface area contributed by atoms with Crippen LogP contribution in [-0.2, 0) is 0 Å². The van der Waals surface area contributed by atoms with E-state index >= 15 is 0 Å². The summed E-state index contributed by atoms with van der Waals surface area (Å²) in [5.41, 5.74) is 2.70. The Balaban J connectivity index is 1.58. The second-order valence-electron chi connectivity index (χ2n) is 10.4. The molecule has 0 radical (unpaired) electrons. The van der Waals surface area contributed by atoms with Gasteiger partial charge in [0.15, 0.2) is 0 Å². The smallest absolute Gasteiger partial charge is 0.123 e. The quantitative estimate of drug-likeness (QED) is 0.528. The van der Waals surface area contributed by atoms with E-state index < -0.39 is 0 Å². The van der Waals surface area contributed by atoms with Crippen LogP contribution in [0.1, 0.15) is 57.6 Å². The number of halogens is 1. The van der Waals surface area contributed by atoms with Crippen LogP contribution in [-0.4, -0.2) is 41.2 Å². The maximum Gasteiger partial charge on any atom is 0.123 e. The Morgan fingerprint density at radius 1 is 1.15 bits per heavy atom. The van der Waals surface area contributed by atoms with Gasteiger partial charge in [-0.2, -0.15) is 0 Å². The van der Waals surface area contributed by atoms with Gasteiger partial charge in [-0.05, 0) is 93.3 Å². The number of benzene rings is 1. The lowest BCUT2D eigenvalue weighted by atomic mass is 9.58. The van der Waals surface area contributed by atoms with Crippen molar-refractivity contribution < 1.29 is 9.50 Å². The van der Waals surface area contributed by atoms with Crippen LogP contribution in [0.2, 0.25) is 0 Å². The molecule has 0 aliphatic heterocycles. The van der Waals surface area contributed by atoms with Gasteiger partial charge in [-0.1, -0.05) is 50.5 Å². The summed E-state index contributed by atoms with van der Waals surface area (Å²) >= 11 is 0. The van der Waals surface area contributed by atoms with Gasteiger partial charge in [-0.25, -0.2) is 4.39 Å². The van der Waals surface area contributed by atoms with Crippen LogP contribution in [0, 0.1) is 29.5 Å². The number of aliphatic hydroxyl groups is 1. The highest BCUT2D eigenvalue weighted by molar-refractivity contribution is 5.63. The maximum absolute atomic E-state index is 13.6. The van der Waals surface area contributed by atoms with Gasteiger partial charge in [0.05, 0.1) is 11.8 Å². The Morgan fingerprint density at radius 3 is 2.67 bits per heavy atom. The first-order chi connectivity index (χ1) is 16.0. The van der Waals surface area contributed by atoms with Gasteiger partial charge < -0.3 is 10.0 Å². The van der Waals surface area contributed by atoms with Gasteiger partial charge in [-0.15, -0.1) is 0 Å². The molecule has 6 atom stereocenters. The molecule has 0 bridgehead atoms. The molecule has 4 rings (SSSR count). The average Bonchev–Trinajstić information content (AvgIpc) is 2.83. The van der Waals surface area contributed by atoms with Crippen molar-refractivity contribution in [3.63, 3.8) is 0 Å². The number of pyridine rings is 1. The summed E-state index contributed by atoms with van der Waals surface area (Å²) in [4.78, 5) is 7.05. The number of nitrogens with zero attached hydrogens (tertiary/aromatic N) is 2. The predicted molar refractivity (Wildman–Crippen MR) is 134 cm³/mol. The predicted octanol–water partition coefficient (Wildman–Crippen LogP) is 6.43. The van der Waals surface area contributed by atoms with Crippen LogP contribution in [0.5, 0.6) is 0 Å². The van der Waals surface area contributed by atoms with Crippen molar-refractivity contribution in [2.75, 3.05) is 14.1 Å². The zero-order valence-electron chi connectivity index (χ0n) is 20.3. The highest BCUT2D eigenvalue weighted by Crippen LogP contribution is 2.49. The summed E-state index contributed by atoms with van der Waals surface area (Å²) in [6.07, 6.45) is 14.4. The van der Waals surface area contributed by atoms with E-state index in [4.69, 9.17) is 0 Å². The first-order valence-electron chi connectivity index (χ1n) is 12.7. The standard InChI is InChI=1S/C29H39FN2O/c1-4-25(33)18-28-27(26-11-6-5-8-21(26)17-29(28)32(2)3)15-14-24-13-12-22(19-31-24)20-9-7-10-23(30)16-20/h7,9-10,12-16,19,21,25-29,33H,4-6,8,11,17-18H2,1-3H3/b15-14+. The van der Waals surface area contributed by atoms with Crippen molar-refractivity contribution in [2.45, 2.75) is 64.0 Å². The summed E-state index contributed by atoms with van der Waals surface area (Å²) in [6, 6.07) is 11.2. The molecule has 2 saturated carbocycles. The van der Waals surface area contributed by atoms with E-state index in [1.807, 2.05) is 24.4 Å². The monoisotopic (exact) mass is 450 g/mol. The molecule has 178 valence electrons. The summed E-state index contributed by atoms with van der Waals surface area (Å²) in [5, 5.41) is 10.6. The van der Waals surface area contributed by atoms with Crippen molar-refractivity contribution in [2.24, 2.45) is 23.7 Å². The number of rotatable bonds is 7. The highest BCUT2D eigenvalue weighted by Gasteiger charge is 2.45. The Kier molecular flexibility index (Phi) is 7.98. The van der Waals surface area contributed by atoms with Crippen molar-refractivity contribution >= 4 is 6.08 Å². The minimum atomic E-state index is -0.239. The normalized spacial score (nSPS) is 28.7. The largest absolute Gasteiger partial charge is 0.393 e. The molecule has 1 aromatic heterocycles. The van der Waals surface area contributed by atoms with Crippen molar-refractivity contribution in [3.05, 3.63) is 60.2 Å². The highest BCUT2D eigenvalue weighted by atomic mass is 19.1. The van der Waals surface area contributed by atoms with E-state index in [1.54, 1.807) is 12.1 Å². The molecule has 0 amide bonds. The van der Waals surface area contributed by atoms with E-state index in [0.717, 1.165) is 35.6 Å². The number of fused-ring (bicyclic) bond motifs is 1. The number of aromatic nitrogens is 1. The van der Waals surface area contributed by atoms with Crippen LogP contribution in [0.25, 0.3) is 17.2 Å². The van der Waals surface area contributed by atoms with Crippen molar-refractivity contribution in [1.82, 2.24) is 9.88 Å². The molecule has 0 saturated heterocycles. The van der Waals surface area contributed by atoms with Gasteiger partial charge in [0.25, 0.3) is 0 Å². The molecule has 33 heavy (non-hydrogen) atoms. The van der Waals surface area contributed by atoms with Crippen LogP contribution in [0.4, 0.5) is 4.39 Å². The third kappa shape index (κ3) is 5.73. The summed E-state index contributed by atoms with van der Waals surface area (Å²) in [5.74, 6) is 2.16. The zero-order valence-corrected chi connectivity index (χ0v) is 20.3. The molecule has 2 aliphatic carbocycles. The number of hydrogen-bond donors (Lipinski definition) is 1. The molecule has 1 N–H and O–H groups in total. The third-order valence-corrected chi connectivity index (χ3v) is 8.11. The number of aliphatic hydroxyl groups excluding tert-OH is 1. The van der Waals surface area contributed by atoms with Gasteiger partial charge in [0.1, 0.15) is 5.82 Å². The Hall–Kier alpha value is -2.04. The molecule has 0 spiro atoms. The van der Waals surface area contributed by atoms with E-state index in [0.29, 0.717) is 23.8 Å². The molecular weight excluding hydrogens is 411 g/mol. The minimum absolute atomic E-state index is 0.230. The molecule has 4 heteroatoms. The van der Waals surface area contributed by atoms with Gasteiger partial charge in [0, 0.05) is 17.8 Å². The van der Waals surface area contributed by atoms with Gasteiger partial charge in [-0.3, -0.25) is 4.98 Å². The first-order valence-corrected chi connectivity index (χ1v) is 12.7. The van der Waals surface area contributed by atoms with Gasteiger partial charge in [0.2, 0.25) is 0 Å². The lowest BCUT2D eigenvalue weighted by Gasteiger charge is -2.51. The second kappa shape index (κ2) is 10.9. The molecule has 1 heterocycles. The number of hydrogen-bond acceptors (Lipinski definition) is 3. The molecule has 2 fully saturated rings. The fourth-order valence-corrected chi connectivity index (χ4v) is 6.32. The van der Waals surface area contributed by atoms with E-state index in [2.05, 4.69) is 43.1 Å². The summed E-state index contributed by atoms with van der Waals surface area (Å²) in [6.45, 7) is 2.08. The Morgan fingerprint density at radius 2 is 1.97 bits per heavy atom. The third-order valence-electron chi connectivity index (χ3n) is 8.11. The second-order valence-corrected chi connectivity index (χ2v) is 10.4. The zero-order chi connectivity index (χ0) is 23.4. The van der Waals surface area contributed by atoms with Crippen LogP contribution >= 0.6 is 0 Å². The van der Waals surface area contributed by atoms with Crippen molar-refractivity contribution in [1.29, 1.82) is 0 Å². The summed E-state index contributed by atoms with van der Waals surface area (Å²) < 4.78 is 13.6. The van der Waals surface area contributed by atoms with E-state index in [9.17, 15) is 9.50 Å². The first kappa shape index (κ1) is 24.1. The van der Waals surface area contributed by atoms with Gasteiger partial charge >= 0.3 is 0 Å². The topological polar surface area (TPSA) is 36.4 Å². The molecule has 2 aromatic rings. The molecule has 3 nitrogen and oxygen atoms in total. The molecule has 1 aromatic carbocycles. The minimum Gasteiger partial charge on any atom is -0.393 e. The SMILES string of the molecule is CCC(O)CC1C(/C=C/c2ccc(-c3cccc(F)c3)cn2)C2CCCCC2CC1N(C)C. The van der Waals surface area contributed by atoms with E-state index in [1.165, 1.54) is 38.2 Å². The molecule has 2 aliphatic rings. The fraction of sp³-hybridized carbons (Fsp3) is 0.552. The molecular formula is C29H39FN2O. The van der Waals surface area contributed by atoms with Crippen LogP contribution in [0.3, 0.4) is 0 Å². The van der Waals surface area contributed by atoms with Crippen LogP contribution in [0.15, 0.2) is 48.7 Å². The maximum atomic E-state index is 13.6. The Labute approximate surface area is 198 Å². The van der Waals surface area contributed by atoms with Crippen LogP contribution < -0.4 is 0 Å². The number of allylic oxidation sites excluding steroid dienone is 1. The lowest BCUT2D eigenvalue weighted by molar-refractivity contribution is -0.00909.